The third kappa shape index (κ3) is 6.84. The van der Waals surface area contributed by atoms with E-state index in [-0.39, 0.29) is 25.1 Å². The van der Waals surface area contributed by atoms with Crippen molar-refractivity contribution in [1.82, 2.24) is 20.4 Å². The highest BCUT2D eigenvalue weighted by atomic mass is 16.6. The Hall–Kier alpha value is -2.80. The van der Waals surface area contributed by atoms with E-state index < -0.39 is 17.7 Å². The molecule has 0 aromatic carbocycles. The largest absolute Gasteiger partial charge is 0.445 e. The number of carbonyl (C=O) groups excluding carboxylic acids is 3. The zero-order chi connectivity index (χ0) is 23.7. The van der Waals surface area contributed by atoms with Crippen LogP contribution in [-0.4, -0.2) is 85.4 Å². The van der Waals surface area contributed by atoms with Gasteiger partial charge in [-0.2, -0.15) is 5.26 Å². The molecule has 2 N–H and O–H groups in total. The smallest absolute Gasteiger partial charge is 0.410 e. The van der Waals surface area contributed by atoms with Gasteiger partial charge in [0.05, 0.1) is 25.8 Å². The Bertz CT molecular complexity index is 757. The minimum atomic E-state index is -1.21. The summed E-state index contributed by atoms with van der Waals surface area (Å²) >= 11 is 0. The van der Waals surface area contributed by atoms with Crippen molar-refractivity contribution in [3.63, 3.8) is 0 Å². The number of likely N-dealkylation sites (tertiary alicyclic amines) is 1. The SMILES string of the molecule is C=CCOC(=O)N1CCC(C#N)(NC(=O)C(CC2CCCCC2)NC(=O)N2CCOCC2)C1. The van der Waals surface area contributed by atoms with Crippen LogP contribution in [-0.2, 0) is 14.3 Å². The molecule has 2 heterocycles. The fourth-order valence-corrected chi connectivity index (χ4v) is 4.73. The number of nitrogens with one attached hydrogen (secondary N) is 2. The van der Waals surface area contributed by atoms with Crippen LogP contribution < -0.4 is 10.6 Å². The Morgan fingerprint density at radius 1 is 1.18 bits per heavy atom. The highest BCUT2D eigenvalue weighted by molar-refractivity contribution is 5.88. The summed E-state index contributed by atoms with van der Waals surface area (Å²) < 4.78 is 10.4. The van der Waals surface area contributed by atoms with Crippen LogP contribution in [0.15, 0.2) is 12.7 Å². The molecule has 2 saturated heterocycles. The minimum absolute atomic E-state index is 0.0405. The van der Waals surface area contributed by atoms with Crippen LogP contribution in [0.3, 0.4) is 0 Å². The van der Waals surface area contributed by atoms with Crippen molar-refractivity contribution in [3.8, 4) is 6.07 Å². The van der Waals surface area contributed by atoms with Gasteiger partial charge in [0.2, 0.25) is 5.91 Å². The molecule has 3 rings (SSSR count). The number of morpholine rings is 1. The number of hydrogen-bond donors (Lipinski definition) is 2. The monoisotopic (exact) mass is 461 g/mol. The summed E-state index contributed by atoms with van der Waals surface area (Å²) in [5.74, 6) is -0.0310. The summed E-state index contributed by atoms with van der Waals surface area (Å²) in [7, 11) is 0. The van der Waals surface area contributed by atoms with E-state index in [0.717, 1.165) is 25.7 Å². The van der Waals surface area contributed by atoms with Crippen molar-refractivity contribution >= 4 is 18.0 Å². The maximum Gasteiger partial charge on any atom is 0.410 e. The van der Waals surface area contributed by atoms with Gasteiger partial charge in [0, 0.05) is 26.1 Å². The van der Waals surface area contributed by atoms with Crippen molar-refractivity contribution in [2.45, 2.75) is 56.5 Å². The van der Waals surface area contributed by atoms with Crippen LogP contribution in [0.4, 0.5) is 9.59 Å². The van der Waals surface area contributed by atoms with Gasteiger partial charge in [-0.25, -0.2) is 9.59 Å². The van der Waals surface area contributed by atoms with Crippen LogP contribution in [0.1, 0.15) is 44.9 Å². The topological polar surface area (TPSA) is 124 Å². The second-order valence-corrected chi connectivity index (χ2v) is 9.06. The van der Waals surface area contributed by atoms with Crippen molar-refractivity contribution in [1.29, 1.82) is 5.26 Å². The molecule has 3 fully saturated rings. The number of hydrogen-bond acceptors (Lipinski definition) is 6. The van der Waals surface area contributed by atoms with E-state index in [1.165, 1.54) is 17.4 Å². The molecule has 0 spiro atoms. The lowest BCUT2D eigenvalue weighted by atomic mass is 9.84. The molecular weight excluding hydrogens is 426 g/mol. The van der Waals surface area contributed by atoms with E-state index in [4.69, 9.17) is 9.47 Å². The predicted octanol–water partition coefficient (Wildman–Crippen LogP) is 1.77. The van der Waals surface area contributed by atoms with Crippen molar-refractivity contribution in [2.24, 2.45) is 5.92 Å². The van der Waals surface area contributed by atoms with Crippen molar-refractivity contribution < 1.29 is 23.9 Å². The van der Waals surface area contributed by atoms with Gasteiger partial charge >= 0.3 is 12.1 Å². The molecular formula is C23H35N5O5. The van der Waals surface area contributed by atoms with Crippen LogP contribution >= 0.6 is 0 Å². The average molecular weight is 462 g/mol. The summed E-state index contributed by atoms with van der Waals surface area (Å²) in [6.45, 7) is 5.85. The van der Waals surface area contributed by atoms with Crippen LogP contribution in [0.25, 0.3) is 0 Å². The molecule has 2 aliphatic heterocycles. The molecule has 0 radical (unpaired) electrons. The molecule has 33 heavy (non-hydrogen) atoms. The summed E-state index contributed by atoms with van der Waals surface area (Å²) in [4.78, 5) is 41.4. The van der Waals surface area contributed by atoms with Gasteiger partial charge in [0.25, 0.3) is 0 Å². The first-order valence-electron chi connectivity index (χ1n) is 11.9. The molecule has 2 atom stereocenters. The number of amides is 4. The van der Waals surface area contributed by atoms with Gasteiger partial charge in [-0.05, 0) is 12.3 Å². The first kappa shape index (κ1) is 24.8. The van der Waals surface area contributed by atoms with E-state index in [1.807, 2.05) is 0 Å². The zero-order valence-electron chi connectivity index (χ0n) is 19.2. The molecule has 2 unspecified atom stereocenters. The van der Waals surface area contributed by atoms with Gasteiger partial charge in [0.1, 0.15) is 18.2 Å². The van der Waals surface area contributed by atoms with Crippen molar-refractivity contribution in [2.75, 3.05) is 46.0 Å². The molecule has 0 aromatic heterocycles. The molecule has 4 amide bonds. The number of rotatable bonds is 7. The summed E-state index contributed by atoms with van der Waals surface area (Å²) in [6, 6.07) is 1.15. The molecule has 10 nitrogen and oxygen atoms in total. The van der Waals surface area contributed by atoms with Gasteiger partial charge in [0.15, 0.2) is 0 Å². The maximum atomic E-state index is 13.3. The molecule has 3 aliphatic rings. The number of nitriles is 1. The van der Waals surface area contributed by atoms with E-state index in [1.54, 1.807) is 4.90 Å². The van der Waals surface area contributed by atoms with E-state index >= 15 is 0 Å². The number of carbonyl (C=O) groups is 3. The highest BCUT2D eigenvalue weighted by Gasteiger charge is 2.43. The lowest BCUT2D eigenvalue weighted by molar-refractivity contribution is -0.124. The first-order chi connectivity index (χ1) is 16.0. The quantitative estimate of drug-likeness (QED) is 0.557. The predicted molar refractivity (Wildman–Crippen MR) is 120 cm³/mol. The first-order valence-corrected chi connectivity index (χ1v) is 11.9. The molecule has 1 aliphatic carbocycles. The van der Waals surface area contributed by atoms with Crippen molar-refractivity contribution in [3.05, 3.63) is 12.7 Å². The van der Waals surface area contributed by atoms with Gasteiger partial charge in [-0.15, -0.1) is 0 Å². The second kappa shape index (κ2) is 11.9. The normalized spacial score (nSPS) is 24.5. The van der Waals surface area contributed by atoms with Gasteiger partial charge in [-0.1, -0.05) is 44.8 Å². The number of nitrogens with zero attached hydrogens (tertiary/aromatic N) is 3. The fraction of sp³-hybridized carbons (Fsp3) is 0.739. The molecule has 1 saturated carbocycles. The third-order valence-electron chi connectivity index (χ3n) is 6.63. The highest BCUT2D eigenvalue weighted by Crippen LogP contribution is 2.28. The number of urea groups is 1. The van der Waals surface area contributed by atoms with E-state index in [2.05, 4.69) is 23.3 Å². The summed E-state index contributed by atoms with van der Waals surface area (Å²) in [5.41, 5.74) is -1.21. The zero-order valence-corrected chi connectivity index (χ0v) is 19.2. The lowest BCUT2D eigenvalue weighted by Crippen LogP contribution is -2.58. The van der Waals surface area contributed by atoms with Crippen LogP contribution in [0.5, 0.6) is 0 Å². The van der Waals surface area contributed by atoms with Crippen LogP contribution in [0.2, 0.25) is 0 Å². The minimum Gasteiger partial charge on any atom is -0.445 e. The average Bonchev–Trinajstić information content (AvgIpc) is 3.27. The Kier molecular flexibility index (Phi) is 8.95. The van der Waals surface area contributed by atoms with Gasteiger partial charge < -0.3 is 29.9 Å². The maximum absolute atomic E-state index is 13.3. The summed E-state index contributed by atoms with van der Waals surface area (Å²) in [5, 5.41) is 15.6. The van der Waals surface area contributed by atoms with E-state index in [9.17, 15) is 19.6 Å². The fourth-order valence-electron chi connectivity index (χ4n) is 4.73. The van der Waals surface area contributed by atoms with E-state index in [0.29, 0.717) is 51.6 Å². The van der Waals surface area contributed by atoms with Crippen LogP contribution in [0, 0.1) is 17.2 Å². The Balaban J connectivity index is 1.65. The molecule has 182 valence electrons. The second-order valence-electron chi connectivity index (χ2n) is 9.06. The summed E-state index contributed by atoms with van der Waals surface area (Å²) in [6.07, 6.45) is 7.28. The Morgan fingerprint density at radius 3 is 2.58 bits per heavy atom. The molecule has 10 heteroatoms. The molecule has 0 aromatic rings. The Labute approximate surface area is 195 Å². The Morgan fingerprint density at radius 2 is 1.91 bits per heavy atom. The standard InChI is InChI=1S/C23H35N5O5/c1-2-12-33-22(31)28-9-8-23(16-24,17-28)26-20(29)19(15-18-6-4-3-5-7-18)25-21(30)27-10-13-32-14-11-27/h2,18-19H,1,3-15,17H2,(H,25,30)(H,26,29). The third-order valence-corrected chi connectivity index (χ3v) is 6.63. The number of ether oxygens (including phenoxy) is 2. The molecule has 0 bridgehead atoms. The lowest BCUT2D eigenvalue weighted by Gasteiger charge is -2.32. The van der Waals surface area contributed by atoms with Gasteiger partial charge in [-0.3, -0.25) is 4.79 Å².